The van der Waals surface area contributed by atoms with Crippen LogP contribution in [0.15, 0.2) is 69.9 Å². The van der Waals surface area contributed by atoms with Crippen molar-refractivity contribution >= 4 is 67.5 Å². The lowest BCUT2D eigenvalue weighted by Crippen LogP contribution is -2.58. The molecule has 1 aromatic heterocycles. The predicted octanol–water partition coefficient (Wildman–Crippen LogP) is 3.98. The number of fused-ring (bicyclic) bond motifs is 1. The number of nitrogens with one attached hydrogen (secondary N) is 5. The smallest absolute Gasteiger partial charge is 0.322 e. The average Bonchev–Trinajstić information content (AvgIpc) is 3.22. The molecule has 2 fully saturated rings. The molecule has 0 radical (unpaired) electrons. The zero-order valence-corrected chi connectivity index (χ0v) is 34.6. The Morgan fingerprint density at radius 2 is 1.66 bits per heavy atom. The fraction of sp³-hybridized carbons (Fsp3) is 0.475. The third-order valence-corrected chi connectivity index (χ3v) is 12.2. The summed E-state index contributed by atoms with van der Waals surface area (Å²) < 4.78 is 0.982. The van der Waals surface area contributed by atoms with Crippen LogP contribution in [-0.2, 0) is 27.3 Å². The molecular formula is C40H51Br2N9O5. The van der Waals surface area contributed by atoms with E-state index in [1.54, 1.807) is 29.4 Å². The van der Waals surface area contributed by atoms with E-state index >= 15 is 0 Å². The summed E-state index contributed by atoms with van der Waals surface area (Å²) >= 11 is 6.86. The second kappa shape index (κ2) is 20.3. The highest BCUT2D eigenvalue weighted by Gasteiger charge is 2.34. The first-order valence-electron chi connectivity index (χ1n) is 19.4. The molecular weight excluding hydrogens is 846 g/mol. The zero-order chi connectivity index (χ0) is 39.4. The van der Waals surface area contributed by atoms with Gasteiger partial charge in [-0.05, 0) is 137 Å². The summed E-state index contributed by atoms with van der Waals surface area (Å²) in [6, 6.07) is 13.3. The lowest BCUT2D eigenvalue weighted by Gasteiger charge is -2.38. The molecule has 2 saturated heterocycles. The van der Waals surface area contributed by atoms with Gasteiger partial charge in [0.2, 0.25) is 18.2 Å². The molecule has 0 saturated carbocycles. The van der Waals surface area contributed by atoms with E-state index in [2.05, 4.69) is 68.3 Å². The fourth-order valence-corrected chi connectivity index (χ4v) is 9.12. The van der Waals surface area contributed by atoms with Crippen molar-refractivity contribution in [3.05, 3.63) is 81.0 Å². The summed E-state index contributed by atoms with van der Waals surface area (Å²) in [5.74, 6) is -0.00999. The number of urea groups is 1. The van der Waals surface area contributed by atoms with Crippen LogP contribution in [0.25, 0.3) is 0 Å². The first-order valence-corrected chi connectivity index (χ1v) is 21.0. The van der Waals surface area contributed by atoms with Crippen LogP contribution in [0.4, 0.5) is 16.2 Å². The Balaban J connectivity index is 1.18. The molecule has 14 nitrogen and oxygen atoms in total. The van der Waals surface area contributed by atoms with Crippen molar-refractivity contribution < 1.29 is 24.3 Å². The monoisotopic (exact) mass is 895 g/mol. The first kappa shape index (κ1) is 41.4. The minimum Gasteiger partial charge on any atom is -0.506 e. The zero-order valence-electron chi connectivity index (χ0n) is 31.4. The van der Waals surface area contributed by atoms with Crippen molar-refractivity contribution in [2.45, 2.75) is 63.2 Å². The number of amides is 5. The molecule has 3 aliphatic heterocycles. The lowest BCUT2D eigenvalue weighted by molar-refractivity contribution is -0.137. The van der Waals surface area contributed by atoms with Crippen molar-refractivity contribution in [2.75, 3.05) is 62.6 Å². The maximum Gasteiger partial charge on any atom is 0.322 e. The van der Waals surface area contributed by atoms with E-state index in [1.165, 1.54) is 0 Å². The van der Waals surface area contributed by atoms with E-state index in [4.69, 9.17) is 0 Å². The Morgan fingerprint density at radius 3 is 2.38 bits per heavy atom. The second-order valence-electron chi connectivity index (χ2n) is 14.6. The van der Waals surface area contributed by atoms with Gasteiger partial charge in [-0.15, -0.1) is 0 Å². The summed E-state index contributed by atoms with van der Waals surface area (Å²) in [5.41, 5.74) is 3.64. The number of hydrogen-bond donors (Lipinski definition) is 6. The van der Waals surface area contributed by atoms with E-state index in [0.717, 1.165) is 48.4 Å². The summed E-state index contributed by atoms with van der Waals surface area (Å²) in [6.45, 7) is 5.40. The largest absolute Gasteiger partial charge is 0.506 e. The standard InChI is InChI=1S/C40H51Br2N9O5/c41-32-21-28(22-33(42)37(32)53)24-35(46-16-10-31(9-15-45-26-52)51-25-29-3-1-2-4-34(29)48-40(51)56)38(54)47-36(23-27-5-11-43-12-6-27)39(55)50-19-17-49(18-20-50)30-7-13-44-14-8-30/h1-4,7-8,13-14,21-22,26-27,31,35-36,43,46,53H,5-6,9-12,15-20,23-25H2,(H,45,52)(H,47,54)(H,48,56). The Morgan fingerprint density at radius 1 is 0.964 bits per heavy atom. The van der Waals surface area contributed by atoms with E-state index in [1.807, 2.05) is 41.3 Å². The maximum atomic E-state index is 14.5. The van der Waals surface area contributed by atoms with E-state index in [9.17, 15) is 24.3 Å². The molecule has 0 aliphatic carbocycles. The molecule has 3 aliphatic rings. The van der Waals surface area contributed by atoms with Gasteiger partial charge in [0.15, 0.2) is 0 Å². The number of phenolic OH excluding ortho intramolecular Hbond substituents is 1. The molecule has 5 amide bonds. The number of piperazine rings is 1. The number of piperidine rings is 1. The van der Waals surface area contributed by atoms with Gasteiger partial charge in [0, 0.05) is 69.1 Å². The predicted molar refractivity (Wildman–Crippen MR) is 222 cm³/mol. The van der Waals surface area contributed by atoms with E-state index < -0.39 is 12.1 Å². The summed E-state index contributed by atoms with van der Waals surface area (Å²) in [4.78, 5) is 63.2. The minimum absolute atomic E-state index is 0.0625. The summed E-state index contributed by atoms with van der Waals surface area (Å²) in [7, 11) is 0. The number of halogens is 2. The normalized spacial score (nSPS) is 17.7. The topological polar surface area (TPSA) is 171 Å². The Labute approximate surface area is 344 Å². The van der Waals surface area contributed by atoms with Crippen LogP contribution in [-0.4, -0.2) is 115 Å². The van der Waals surface area contributed by atoms with Crippen LogP contribution >= 0.6 is 31.9 Å². The number of benzene rings is 2. The third kappa shape index (κ3) is 11.0. The molecule has 3 aromatic rings. The summed E-state index contributed by atoms with van der Waals surface area (Å²) in [5, 5.41) is 26.2. The van der Waals surface area contributed by atoms with E-state index in [0.29, 0.717) is 86.3 Å². The van der Waals surface area contributed by atoms with Crippen molar-refractivity contribution in [3.8, 4) is 5.75 Å². The van der Waals surface area contributed by atoms with Crippen molar-refractivity contribution in [1.29, 1.82) is 0 Å². The highest BCUT2D eigenvalue weighted by Crippen LogP contribution is 2.34. The molecule has 16 heteroatoms. The number of rotatable bonds is 17. The second-order valence-corrected chi connectivity index (χ2v) is 16.4. The Bertz CT molecular complexity index is 1780. The van der Waals surface area contributed by atoms with Crippen LogP contribution in [0.3, 0.4) is 0 Å². The van der Waals surface area contributed by atoms with Gasteiger partial charge < -0.3 is 46.4 Å². The van der Waals surface area contributed by atoms with Crippen LogP contribution in [0.1, 0.15) is 43.2 Å². The van der Waals surface area contributed by atoms with Gasteiger partial charge in [0.05, 0.1) is 15.0 Å². The van der Waals surface area contributed by atoms with Crippen molar-refractivity contribution in [3.63, 3.8) is 0 Å². The number of pyridine rings is 1. The highest BCUT2D eigenvalue weighted by atomic mass is 79.9. The Kier molecular flexibility index (Phi) is 15.0. The van der Waals surface area contributed by atoms with Crippen LogP contribution in [0.2, 0.25) is 0 Å². The third-order valence-electron chi connectivity index (χ3n) is 11.0. The quantitative estimate of drug-likeness (QED) is 0.0867. The van der Waals surface area contributed by atoms with Crippen LogP contribution < -0.4 is 31.5 Å². The van der Waals surface area contributed by atoms with Gasteiger partial charge in [-0.2, -0.15) is 0 Å². The molecule has 2 aromatic carbocycles. The van der Waals surface area contributed by atoms with Gasteiger partial charge in [-0.3, -0.25) is 19.4 Å². The molecule has 56 heavy (non-hydrogen) atoms. The van der Waals surface area contributed by atoms with Gasteiger partial charge in [-0.1, -0.05) is 18.2 Å². The van der Waals surface area contributed by atoms with Gasteiger partial charge >= 0.3 is 6.03 Å². The van der Waals surface area contributed by atoms with E-state index in [-0.39, 0.29) is 36.1 Å². The lowest BCUT2D eigenvalue weighted by atomic mass is 9.90. The molecule has 4 heterocycles. The minimum atomic E-state index is -0.741. The van der Waals surface area contributed by atoms with Crippen LogP contribution in [0.5, 0.6) is 5.75 Å². The summed E-state index contributed by atoms with van der Waals surface area (Å²) in [6.07, 6.45) is 7.90. The molecule has 0 bridgehead atoms. The molecule has 6 N–H and O–H groups in total. The van der Waals surface area contributed by atoms with Crippen molar-refractivity contribution in [1.82, 2.24) is 36.1 Å². The molecule has 3 unspecified atom stereocenters. The number of carbonyl (C=O) groups is 4. The molecule has 300 valence electrons. The van der Waals surface area contributed by atoms with Gasteiger partial charge in [0.25, 0.3) is 0 Å². The molecule has 6 rings (SSSR count). The number of anilines is 2. The molecule has 0 spiro atoms. The number of aromatic nitrogens is 1. The van der Waals surface area contributed by atoms with Gasteiger partial charge in [0.1, 0.15) is 11.8 Å². The number of hydrogen-bond acceptors (Lipinski definition) is 9. The number of phenols is 1. The SMILES string of the molecule is O=CNCCC(CCNC(Cc1cc(Br)c(O)c(Br)c1)C(=O)NC(CC1CCNCC1)C(=O)N1CCN(c2ccncc2)CC1)N1Cc2ccccc2NC1=O. The Hall–Kier alpha value is -4.25. The number of para-hydroxylation sites is 1. The highest BCUT2D eigenvalue weighted by molar-refractivity contribution is 9.11. The van der Waals surface area contributed by atoms with Crippen LogP contribution in [0, 0.1) is 5.92 Å². The number of nitrogens with zero attached hydrogens (tertiary/aromatic N) is 4. The molecule has 3 atom stereocenters. The first-order chi connectivity index (χ1) is 27.2. The average molecular weight is 898 g/mol. The van der Waals surface area contributed by atoms with Gasteiger partial charge in [-0.25, -0.2) is 4.79 Å². The fourth-order valence-electron chi connectivity index (χ4n) is 7.84. The number of carbonyl (C=O) groups excluding carboxylic acids is 4. The maximum absolute atomic E-state index is 14.5. The van der Waals surface area contributed by atoms with Crippen molar-refractivity contribution in [2.24, 2.45) is 5.92 Å². The number of aromatic hydroxyl groups is 1.